The zero-order valence-electron chi connectivity index (χ0n) is 12.7. The number of likely N-dealkylation sites (N-methyl/N-ethyl adjacent to an activating group) is 1. The Hall–Kier alpha value is -1.28. The van der Waals surface area contributed by atoms with Crippen LogP contribution in [0.1, 0.15) is 20.3 Å². The Morgan fingerprint density at radius 2 is 2.14 bits per heavy atom. The Kier molecular flexibility index (Phi) is 5.46. The molecule has 0 saturated carbocycles. The van der Waals surface area contributed by atoms with Gasteiger partial charge in [0.25, 0.3) is 5.91 Å². The van der Waals surface area contributed by atoms with Crippen molar-refractivity contribution in [1.29, 1.82) is 0 Å². The summed E-state index contributed by atoms with van der Waals surface area (Å²) >= 11 is 1.62. The molecule has 2 unspecified atom stereocenters. The molecule has 3 amide bonds. The molecule has 0 bridgehead atoms. The molecule has 2 aliphatic rings. The van der Waals surface area contributed by atoms with Crippen LogP contribution in [-0.4, -0.2) is 71.7 Å². The summed E-state index contributed by atoms with van der Waals surface area (Å²) in [5, 5.41) is 3.20. The number of urea groups is 1. The number of aliphatic imine (C=N–C) groups is 1. The molecule has 0 aromatic rings. The molecule has 0 spiro atoms. The first-order valence-corrected chi connectivity index (χ1v) is 8.21. The summed E-state index contributed by atoms with van der Waals surface area (Å²) in [6.45, 7) is 5.81. The molecule has 118 valence electrons. The Morgan fingerprint density at radius 3 is 2.81 bits per heavy atom. The number of fused-ring (bicyclic) bond motifs is 1. The van der Waals surface area contributed by atoms with Gasteiger partial charge in [-0.25, -0.2) is 9.79 Å². The third kappa shape index (κ3) is 3.32. The topological polar surface area (TPSA) is 74.2 Å². The zero-order chi connectivity index (χ0) is 15.4. The molecule has 1 saturated heterocycles. The predicted octanol–water partition coefficient (Wildman–Crippen LogP) is 0.714. The minimum Gasteiger partial charge on any atom is -0.380 e. The highest BCUT2D eigenvalue weighted by atomic mass is 32.2. The lowest BCUT2D eigenvalue weighted by Gasteiger charge is -2.36. The molecular formula is C13H22N4O3S. The van der Waals surface area contributed by atoms with Crippen molar-refractivity contribution < 1.29 is 14.3 Å². The average molecular weight is 314 g/mol. The summed E-state index contributed by atoms with van der Waals surface area (Å²) in [5.41, 5.74) is 0. The molecule has 1 fully saturated rings. The van der Waals surface area contributed by atoms with Crippen molar-refractivity contribution in [2.45, 2.75) is 32.5 Å². The maximum absolute atomic E-state index is 12.2. The van der Waals surface area contributed by atoms with E-state index < -0.39 is 18.2 Å². The van der Waals surface area contributed by atoms with Crippen LogP contribution in [0.2, 0.25) is 0 Å². The maximum atomic E-state index is 12.2. The van der Waals surface area contributed by atoms with Gasteiger partial charge in [-0.1, -0.05) is 18.7 Å². The molecule has 0 aromatic heterocycles. The number of carbonyl (C=O) groups excluding carboxylic acids is 2. The number of nitrogens with one attached hydrogen (secondary N) is 1. The second-order valence-corrected chi connectivity index (χ2v) is 5.98. The number of amidine groups is 1. The van der Waals surface area contributed by atoms with Crippen LogP contribution in [0.4, 0.5) is 4.79 Å². The smallest absolute Gasteiger partial charge is 0.325 e. The van der Waals surface area contributed by atoms with Crippen molar-refractivity contribution in [3.63, 3.8) is 0 Å². The van der Waals surface area contributed by atoms with Gasteiger partial charge in [0, 0.05) is 26.0 Å². The Bertz CT molecular complexity index is 443. The highest BCUT2D eigenvalue weighted by Crippen LogP contribution is 2.28. The van der Waals surface area contributed by atoms with Crippen LogP contribution in [-0.2, 0) is 9.53 Å². The molecule has 21 heavy (non-hydrogen) atoms. The van der Waals surface area contributed by atoms with Gasteiger partial charge in [-0.15, -0.1) is 0 Å². The van der Waals surface area contributed by atoms with E-state index in [-0.39, 0.29) is 5.91 Å². The summed E-state index contributed by atoms with van der Waals surface area (Å²) in [6.07, 6.45) is 0.589. The summed E-state index contributed by atoms with van der Waals surface area (Å²) in [4.78, 5) is 31.9. The first-order chi connectivity index (χ1) is 10.1. The van der Waals surface area contributed by atoms with Crippen LogP contribution in [0, 0.1) is 0 Å². The number of carbonyl (C=O) groups is 2. The fourth-order valence-electron chi connectivity index (χ4n) is 2.36. The minimum atomic E-state index is -0.451. The monoisotopic (exact) mass is 314 g/mol. The number of imide groups is 1. The van der Waals surface area contributed by atoms with E-state index in [1.807, 2.05) is 11.8 Å². The number of hydrogen-bond donors (Lipinski definition) is 1. The van der Waals surface area contributed by atoms with Crippen molar-refractivity contribution in [1.82, 2.24) is 15.1 Å². The Morgan fingerprint density at radius 1 is 1.38 bits per heavy atom. The molecule has 7 nitrogen and oxygen atoms in total. The second-order valence-electron chi connectivity index (χ2n) is 4.91. The molecule has 8 heteroatoms. The van der Waals surface area contributed by atoms with E-state index in [0.717, 1.165) is 17.3 Å². The lowest BCUT2D eigenvalue weighted by molar-refractivity contribution is -0.127. The van der Waals surface area contributed by atoms with Gasteiger partial charge in [0.2, 0.25) is 0 Å². The van der Waals surface area contributed by atoms with E-state index in [1.165, 1.54) is 4.90 Å². The van der Waals surface area contributed by atoms with Crippen LogP contribution < -0.4 is 5.32 Å². The Balaban J connectivity index is 2.16. The number of amides is 3. The SMILES string of the molecule is CCCSC1=NC2C(C(=O)NC(=O)N2C)N1CCOCC. The van der Waals surface area contributed by atoms with Gasteiger partial charge >= 0.3 is 6.03 Å². The van der Waals surface area contributed by atoms with Gasteiger partial charge in [-0.2, -0.15) is 0 Å². The van der Waals surface area contributed by atoms with E-state index >= 15 is 0 Å². The third-order valence-corrected chi connectivity index (χ3v) is 4.65. The van der Waals surface area contributed by atoms with Gasteiger partial charge in [0.15, 0.2) is 17.4 Å². The zero-order valence-corrected chi connectivity index (χ0v) is 13.5. The van der Waals surface area contributed by atoms with Crippen LogP contribution >= 0.6 is 11.8 Å². The number of ether oxygens (including phenoxy) is 1. The number of hydrogen-bond acceptors (Lipinski definition) is 6. The molecule has 2 aliphatic heterocycles. The van der Waals surface area contributed by atoms with Crippen molar-refractivity contribution in [3.05, 3.63) is 0 Å². The normalized spacial score (nSPS) is 25.0. The van der Waals surface area contributed by atoms with Crippen molar-refractivity contribution in [2.75, 3.05) is 32.6 Å². The average Bonchev–Trinajstić information content (AvgIpc) is 2.82. The van der Waals surface area contributed by atoms with Crippen molar-refractivity contribution >= 4 is 28.9 Å². The minimum absolute atomic E-state index is 0.282. The number of rotatable bonds is 6. The molecular weight excluding hydrogens is 292 g/mol. The second kappa shape index (κ2) is 7.13. The van der Waals surface area contributed by atoms with E-state index in [0.29, 0.717) is 19.8 Å². The van der Waals surface area contributed by atoms with E-state index in [2.05, 4.69) is 17.2 Å². The van der Waals surface area contributed by atoms with E-state index in [4.69, 9.17) is 4.74 Å². The van der Waals surface area contributed by atoms with Gasteiger partial charge in [-0.05, 0) is 13.3 Å². The van der Waals surface area contributed by atoms with Gasteiger partial charge < -0.3 is 14.5 Å². The van der Waals surface area contributed by atoms with Crippen molar-refractivity contribution in [3.8, 4) is 0 Å². The van der Waals surface area contributed by atoms with Gasteiger partial charge in [0.1, 0.15) is 0 Å². The van der Waals surface area contributed by atoms with Gasteiger partial charge in [-0.3, -0.25) is 10.1 Å². The fraction of sp³-hybridized carbons (Fsp3) is 0.769. The van der Waals surface area contributed by atoms with Crippen LogP contribution in [0.25, 0.3) is 0 Å². The summed E-state index contributed by atoms with van der Waals surface area (Å²) in [6, 6.07) is -0.844. The molecule has 0 aliphatic carbocycles. The molecule has 0 aromatic carbocycles. The largest absolute Gasteiger partial charge is 0.380 e. The lowest BCUT2D eigenvalue weighted by atomic mass is 10.1. The highest BCUT2D eigenvalue weighted by Gasteiger charge is 2.48. The maximum Gasteiger partial charge on any atom is 0.325 e. The summed E-state index contributed by atoms with van der Waals surface area (Å²) in [7, 11) is 1.66. The summed E-state index contributed by atoms with van der Waals surface area (Å²) < 4.78 is 5.39. The van der Waals surface area contributed by atoms with Crippen LogP contribution in [0.5, 0.6) is 0 Å². The molecule has 1 N–H and O–H groups in total. The van der Waals surface area contributed by atoms with Crippen molar-refractivity contribution in [2.24, 2.45) is 4.99 Å². The standard InChI is InChI=1S/C13H22N4O3S/c1-4-8-21-13-14-10-9(17(13)6-7-20-5-2)11(18)15-12(19)16(10)3/h9-10H,4-8H2,1-3H3,(H,15,18,19). The molecule has 2 rings (SSSR count). The highest BCUT2D eigenvalue weighted by molar-refractivity contribution is 8.13. The van der Waals surface area contributed by atoms with Gasteiger partial charge in [0.05, 0.1) is 6.61 Å². The first-order valence-electron chi connectivity index (χ1n) is 7.22. The Labute approximate surface area is 129 Å². The molecule has 0 radical (unpaired) electrons. The first kappa shape index (κ1) is 16.1. The molecule has 2 heterocycles. The summed E-state index contributed by atoms with van der Waals surface area (Å²) in [5.74, 6) is 0.651. The predicted molar refractivity (Wildman–Crippen MR) is 82.3 cm³/mol. The molecule has 2 atom stereocenters. The third-order valence-electron chi connectivity index (χ3n) is 3.44. The number of nitrogens with zero attached hydrogens (tertiary/aromatic N) is 3. The van der Waals surface area contributed by atoms with E-state index in [1.54, 1.807) is 18.8 Å². The fourth-order valence-corrected chi connectivity index (χ4v) is 3.30. The van der Waals surface area contributed by atoms with Crippen LogP contribution in [0.3, 0.4) is 0 Å². The van der Waals surface area contributed by atoms with Crippen LogP contribution in [0.15, 0.2) is 4.99 Å². The quantitative estimate of drug-likeness (QED) is 0.731. The number of thioether (sulfide) groups is 1. The van der Waals surface area contributed by atoms with E-state index in [9.17, 15) is 9.59 Å². The lowest BCUT2D eigenvalue weighted by Crippen LogP contribution is -2.63.